The Labute approximate surface area is 196 Å². The molecule has 0 unspecified atom stereocenters. The van der Waals surface area contributed by atoms with Crippen molar-refractivity contribution in [2.45, 2.75) is 51.4 Å². The van der Waals surface area contributed by atoms with Crippen LogP contribution in [-0.2, 0) is 4.74 Å². The highest BCUT2D eigenvalue weighted by Crippen LogP contribution is 2.39. The topological polar surface area (TPSA) is 85.5 Å². The zero-order chi connectivity index (χ0) is 23.8. The van der Waals surface area contributed by atoms with E-state index in [1.165, 1.54) is 13.2 Å². The third-order valence-electron chi connectivity index (χ3n) is 6.75. The number of pyridine rings is 1. The highest BCUT2D eigenvalue weighted by Gasteiger charge is 2.34. The summed E-state index contributed by atoms with van der Waals surface area (Å²) in [4.78, 5) is 10.9. The van der Waals surface area contributed by atoms with Gasteiger partial charge in [-0.25, -0.2) is 13.8 Å². The van der Waals surface area contributed by atoms with Crippen molar-refractivity contribution in [3.8, 4) is 17.2 Å². The Hall–Kier alpha value is -2.85. The molecule has 8 nitrogen and oxygen atoms in total. The number of aryl methyl sites for hydroxylation is 2. The van der Waals surface area contributed by atoms with Crippen LogP contribution in [0.15, 0.2) is 16.7 Å². The van der Waals surface area contributed by atoms with E-state index in [1.54, 1.807) is 13.0 Å². The summed E-state index contributed by atoms with van der Waals surface area (Å²) in [5, 5.41) is 7.98. The van der Waals surface area contributed by atoms with Gasteiger partial charge in [-0.15, -0.1) is 0 Å². The molecule has 5 rings (SSSR count). The van der Waals surface area contributed by atoms with Gasteiger partial charge in [0.15, 0.2) is 11.6 Å². The maximum absolute atomic E-state index is 15.4. The number of halogens is 2. The van der Waals surface area contributed by atoms with Crippen molar-refractivity contribution >= 4 is 16.7 Å². The zero-order valence-electron chi connectivity index (χ0n) is 19.6. The summed E-state index contributed by atoms with van der Waals surface area (Å²) in [6.07, 6.45) is 1.28. The van der Waals surface area contributed by atoms with Crippen molar-refractivity contribution in [1.82, 2.24) is 20.4 Å². The van der Waals surface area contributed by atoms with Crippen molar-refractivity contribution in [3.63, 3.8) is 0 Å². The van der Waals surface area contributed by atoms with Gasteiger partial charge in [0.25, 0.3) is 5.89 Å². The van der Waals surface area contributed by atoms with Gasteiger partial charge in [0.1, 0.15) is 23.3 Å². The molecule has 2 aliphatic rings. The Kier molecular flexibility index (Phi) is 6.35. The number of nitrogens with zero attached hydrogens (tertiary/aromatic N) is 4. The summed E-state index contributed by atoms with van der Waals surface area (Å²) >= 11 is 0. The number of ether oxygens (including phenoxy) is 2. The van der Waals surface area contributed by atoms with E-state index < -0.39 is 12.0 Å². The van der Waals surface area contributed by atoms with Crippen LogP contribution in [0.5, 0.6) is 5.75 Å². The lowest BCUT2D eigenvalue weighted by Crippen LogP contribution is -2.54. The molecule has 0 saturated carbocycles. The van der Waals surface area contributed by atoms with E-state index in [1.807, 2.05) is 11.8 Å². The molecule has 4 heterocycles. The number of hydrogen-bond acceptors (Lipinski definition) is 8. The molecule has 0 bridgehead atoms. The molecule has 0 amide bonds. The van der Waals surface area contributed by atoms with Crippen LogP contribution in [0.4, 0.5) is 14.6 Å². The molecule has 10 heteroatoms. The molecule has 0 spiro atoms. The number of anilines is 1. The van der Waals surface area contributed by atoms with Crippen molar-refractivity contribution in [2.75, 3.05) is 38.3 Å². The number of aromatic nitrogens is 3. The molecule has 34 heavy (non-hydrogen) atoms. The van der Waals surface area contributed by atoms with Crippen LogP contribution in [0.1, 0.15) is 30.7 Å². The van der Waals surface area contributed by atoms with Gasteiger partial charge in [0.2, 0.25) is 0 Å². The van der Waals surface area contributed by atoms with Crippen LogP contribution in [0.25, 0.3) is 22.4 Å². The minimum absolute atomic E-state index is 0.136. The van der Waals surface area contributed by atoms with E-state index in [-0.39, 0.29) is 30.0 Å². The molecule has 3 aromatic rings. The van der Waals surface area contributed by atoms with Gasteiger partial charge in [-0.1, -0.05) is 5.16 Å². The maximum Gasteiger partial charge on any atom is 0.261 e. The number of fused-ring (bicyclic) bond motifs is 1. The van der Waals surface area contributed by atoms with Crippen molar-refractivity contribution < 1.29 is 22.8 Å². The fourth-order valence-electron chi connectivity index (χ4n) is 4.89. The lowest BCUT2D eigenvalue weighted by Gasteiger charge is -2.39. The second-order valence-corrected chi connectivity index (χ2v) is 9.00. The molecular weight excluding hydrogens is 444 g/mol. The summed E-state index contributed by atoms with van der Waals surface area (Å²) in [6, 6.07) is 3.07. The van der Waals surface area contributed by atoms with Gasteiger partial charge >= 0.3 is 0 Å². The summed E-state index contributed by atoms with van der Waals surface area (Å²) in [5.74, 6) is 1.09. The molecule has 1 aromatic carbocycles. The largest absolute Gasteiger partial charge is 0.497 e. The number of benzene rings is 1. The monoisotopic (exact) mass is 473 g/mol. The van der Waals surface area contributed by atoms with Crippen LogP contribution < -0.4 is 15.0 Å². The minimum Gasteiger partial charge on any atom is -0.497 e. The van der Waals surface area contributed by atoms with Crippen molar-refractivity contribution in [2.24, 2.45) is 0 Å². The summed E-state index contributed by atoms with van der Waals surface area (Å²) < 4.78 is 46.5. The summed E-state index contributed by atoms with van der Waals surface area (Å²) in [7, 11) is 1.49. The maximum atomic E-state index is 15.4. The number of piperidine rings is 1. The molecule has 182 valence electrons. The molecule has 2 fully saturated rings. The van der Waals surface area contributed by atoms with E-state index in [4.69, 9.17) is 14.0 Å². The Bertz CT molecular complexity index is 1180. The normalized spacial score (nSPS) is 21.9. The lowest BCUT2D eigenvalue weighted by molar-refractivity contribution is 0.0684. The average molecular weight is 474 g/mol. The Morgan fingerprint density at radius 1 is 1.15 bits per heavy atom. The molecule has 1 N–H and O–H groups in total. The van der Waals surface area contributed by atoms with E-state index in [2.05, 4.69) is 20.4 Å². The van der Waals surface area contributed by atoms with E-state index in [0.29, 0.717) is 54.5 Å². The van der Waals surface area contributed by atoms with Crippen LogP contribution >= 0.6 is 0 Å². The standard InChI is InChI=1S/C24H29F2N5O3/c1-13-17-10-16(32-3)11-18(25)22(17)29-23(21(13)24-27-14(2)30-34-24)31-7-4-20(19(26)12-31)28-15-5-8-33-9-6-15/h10-11,15,19-20,28H,4-9,12H2,1-3H3/t19-,20-/m1/s1. The first kappa shape index (κ1) is 22.9. The second-order valence-electron chi connectivity index (χ2n) is 9.00. The fourth-order valence-corrected chi connectivity index (χ4v) is 4.89. The van der Waals surface area contributed by atoms with Gasteiger partial charge < -0.3 is 24.2 Å². The second kappa shape index (κ2) is 9.42. The van der Waals surface area contributed by atoms with Gasteiger partial charge in [0.05, 0.1) is 19.2 Å². The molecule has 2 atom stereocenters. The average Bonchev–Trinajstić information content (AvgIpc) is 3.27. The first-order chi connectivity index (χ1) is 16.4. The van der Waals surface area contributed by atoms with Crippen LogP contribution in [0, 0.1) is 19.7 Å². The quantitative estimate of drug-likeness (QED) is 0.600. The van der Waals surface area contributed by atoms with Crippen LogP contribution in [0.2, 0.25) is 0 Å². The Morgan fingerprint density at radius 2 is 1.94 bits per heavy atom. The van der Waals surface area contributed by atoms with Gasteiger partial charge in [0, 0.05) is 43.3 Å². The fraction of sp³-hybridized carbons (Fsp3) is 0.542. The first-order valence-corrected chi connectivity index (χ1v) is 11.7. The predicted octanol–water partition coefficient (Wildman–Crippen LogP) is 3.73. The van der Waals surface area contributed by atoms with Crippen molar-refractivity contribution in [3.05, 3.63) is 29.3 Å². The molecule has 0 aliphatic carbocycles. The molecular formula is C24H29F2N5O3. The van der Waals surface area contributed by atoms with Crippen LogP contribution in [0.3, 0.4) is 0 Å². The Balaban J connectivity index is 1.51. The predicted molar refractivity (Wildman–Crippen MR) is 124 cm³/mol. The van der Waals surface area contributed by atoms with Gasteiger partial charge in [-0.3, -0.25) is 0 Å². The SMILES string of the molecule is COc1cc(F)c2nc(N3CC[C@@H](NC4CCOCC4)[C@H](F)C3)c(-c3nc(C)no3)c(C)c2c1. The number of alkyl halides is 1. The van der Waals surface area contributed by atoms with E-state index in [9.17, 15) is 4.39 Å². The van der Waals surface area contributed by atoms with E-state index in [0.717, 1.165) is 18.4 Å². The third-order valence-corrected chi connectivity index (χ3v) is 6.75. The number of rotatable bonds is 5. The third kappa shape index (κ3) is 4.32. The molecule has 2 aliphatic heterocycles. The van der Waals surface area contributed by atoms with Gasteiger partial charge in [-0.2, -0.15) is 4.98 Å². The van der Waals surface area contributed by atoms with Crippen LogP contribution in [-0.4, -0.2) is 66.8 Å². The number of hydrogen-bond donors (Lipinski definition) is 1. The minimum atomic E-state index is -1.10. The Morgan fingerprint density at radius 3 is 2.62 bits per heavy atom. The number of methoxy groups -OCH3 is 1. The van der Waals surface area contributed by atoms with Gasteiger partial charge in [-0.05, 0) is 44.7 Å². The summed E-state index contributed by atoms with van der Waals surface area (Å²) in [6.45, 7) is 5.69. The van der Waals surface area contributed by atoms with E-state index >= 15 is 4.39 Å². The first-order valence-electron chi connectivity index (χ1n) is 11.7. The zero-order valence-corrected chi connectivity index (χ0v) is 19.6. The highest BCUT2D eigenvalue weighted by atomic mass is 19.1. The molecule has 0 radical (unpaired) electrons. The summed E-state index contributed by atoms with van der Waals surface area (Å²) in [5.41, 5.74) is 1.51. The molecule has 2 aromatic heterocycles. The smallest absolute Gasteiger partial charge is 0.261 e. The highest BCUT2D eigenvalue weighted by molar-refractivity contribution is 5.93. The van der Waals surface area contributed by atoms with Crippen molar-refractivity contribution in [1.29, 1.82) is 0 Å². The number of nitrogens with one attached hydrogen (secondary N) is 1. The lowest BCUT2D eigenvalue weighted by atomic mass is 9.98. The molecule has 2 saturated heterocycles.